The molecule has 0 spiro atoms. The summed E-state index contributed by atoms with van der Waals surface area (Å²) in [7, 11) is 0. The average Bonchev–Trinajstić information content (AvgIpc) is 3.33. The van der Waals surface area contributed by atoms with Gasteiger partial charge in [-0.3, -0.25) is 15.1 Å². The summed E-state index contributed by atoms with van der Waals surface area (Å²) in [4.78, 5) is 20.8. The minimum Gasteiger partial charge on any atom is -0.378 e. The Morgan fingerprint density at radius 2 is 1.77 bits per heavy atom. The van der Waals surface area contributed by atoms with Crippen molar-refractivity contribution in [3.8, 4) is 0 Å². The van der Waals surface area contributed by atoms with Crippen LogP contribution in [0.4, 0.5) is 0 Å². The third-order valence-corrected chi connectivity index (χ3v) is 8.77. The molecule has 1 aliphatic carbocycles. The molecule has 5 atom stereocenters. The number of hydrogen-bond donors (Lipinski definition) is 3. The van der Waals surface area contributed by atoms with Crippen LogP contribution >= 0.6 is 0 Å². The van der Waals surface area contributed by atoms with E-state index in [2.05, 4.69) is 26.1 Å². The maximum absolute atomic E-state index is 12.5. The quantitative estimate of drug-likeness (QED) is 0.603. The van der Waals surface area contributed by atoms with Gasteiger partial charge in [0.25, 0.3) is 0 Å². The number of hydrazine groups is 1. The first-order valence-corrected chi connectivity index (χ1v) is 12.3. The molecule has 5 aliphatic heterocycles. The van der Waals surface area contributed by atoms with Crippen molar-refractivity contribution in [2.45, 2.75) is 75.2 Å². The second kappa shape index (κ2) is 8.30. The van der Waals surface area contributed by atoms with Crippen molar-refractivity contribution in [2.75, 3.05) is 39.4 Å². The molecule has 5 saturated heterocycles. The lowest BCUT2D eigenvalue weighted by atomic mass is 9.80. The summed E-state index contributed by atoms with van der Waals surface area (Å²) in [5.41, 5.74) is 7.00. The van der Waals surface area contributed by atoms with Crippen LogP contribution in [0.1, 0.15) is 44.9 Å². The predicted molar refractivity (Wildman–Crippen MR) is 111 cm³/mol. The number of carbonyl (C=O) groups excluding carboxylic acids is 1. The Hall–Kier alpha value is -0.770. The van der Waals surface area contributed by atoms with Crippen molar-refractivity contribution >= 4 is 5.91 Å². The molecule has 6 fully saturated rings. The second-order valence-corrected chi connectivity index (χ2v) is 10.4. The predicted octanol–water partition coefficient (Wildman–Crippen LogP) is 0.253. The number of likely N-dealkylation sites (tertiary alicyclic amines) is 1. The van der Waals surface area contributed by atoms with E-state index >= 15 is 0 Å². The first-order chi connectivity index (χ1) is 14.8. The fourth-order valence-corrected chi connectivity index (χ4v) is 6.43. The fraction of sp³-hybridized carbons (Fsp3) is 0.955. The molecule has 6 aliphatic rings. The molecule has 8 nitrogen and oxygen atoms in total. The molecule has 0 radical (unpaired) electrons. The van der Waals surface area contributed by atoms with E-state index in [9.17, 15) is 4.79 Å². The van der Waals surface area contributed by atoms with Crippen molar-refractivity contribution in [1.29, 1.82) is 0 Å². The summed E-state index contributed by atoms with van der Waals surface area (Å²) >= 11 is 0. The van der Waals surface area contributed by atoms with E-state index in [1.54, 1.807) is 0 Å². The Labute approximate surface area is 179 Å². The average molecular weight is 420 g/mol. The molecule has 0 bridgehead atoms. The maximum Gasteiger partial charge on any atom is 0.225 e. The Bertz CT molecular complexity index is 634. The number of piperidine rings is 2. The summed E-state index contributed by atoms with van der Waals surface area (Å²) in [6.07, 6.45) is 8.25. The Morgan fingerprint density at radius 3 is 2.47 bits per heavy atom. The van der Waals surface area contributed by atoms with Gasteiger partial charge < -0.3 is 15.0 Å². The van der Waals surface area contributed by atoms with Crippen molar-refractivity contribution in [1.82, 2.24) is 26.1 Å². The van der Waals surface area contributed by atoms with Gasteiger partial charge in [0.15, 0.2) is 0 Å². The van der Waals surface area contributed by atoms with Gasteiger partial charge in [-0.25, -0.2) is 5.01 Å². The number of nitrogens with zero attached hydrogens (tertiary/aromatic N) is 2. The number of ether oxygens (including phenoxy) is 1. The number of nitrogens with one attached hydrogen (secondary N) is 3. The van der Waals surface area contributed by atoms with Gasteiger partial charge in [-0.05, 0) is 44.4 Å². The van der Waals surface area contributed by atoms with Crippen LogP contribution in [0.15, 0.2) is 0 Å². The Kier molecular flexibility index (Phi) is 5.50. The summed E-state index contributed by atoms with van der Waals surface area (Å²) in [5.74, 6) is 1.93. The largest absolute Gasteiger partial charge is 0.378 e. The van der Waals surface area contributed by atoms with Gasteiger partial charge in [-0.15, -0.1) is 0 Å². The van der Waals surface area contributed by atoms with Crippen molar-refractivity contribution in [2.24, 2.45) is 17.8 Å². The summed E-state index contributed by atoms with van der Waals surface area (Å²) < 4.78 is 5.42. The number of fused-ring (bicyclic) bond motifs is 1. The molecular weight excluding hydrogens is 382 g/mol. The molecule has 168 valence electrons. The highest BCUT2D eigenvalue weighted by Crippen LogP contribution is 2.35. The summed E-state index contributed by atoms with van der Waals surface area (Å²) in [6.45, 7) is 5.64. The molecular formula is C22H37N5O3. The Balaban J connectivity index is 0.999. The summed E-state index contributed by atoms with van der Waals surface area (Å²) in [6, 6.07) is 2.06. The van der Waals surface area contributed by atoms with Gasteiger partial charge >= 0.3 is 0 Å². The zero-order valence-corrected chi connectivity index (χ0v) is 17.9. The second-order valence-electron chi connectivity index (χ2n) is 10.4. The molecule has 1 saturated carbocycles. The zero-order chi connectivity index (χ0) is 20.1. The van der Waals surface area contributed by atoms with Crippen LogP contribution in [-0.4, -0.2) is 85.5 Å². The summed E-state index contributed by atoms with van der Waals surface area (Å²) in [5, 5.41) is 6.24. The smallest absolute Gasteiger partial charge is 0.225 e. The van der Waals surface area contributed by atoms with E-state index in [4.69, 9.17) is 9.57 Å². The molecule has 8 heteroatoms. The monoisotopic (exact) mass is 419 g/mol. The van der Waals surface area contributed by atoms with E-state index in [0.717, 1.165) is 71.5 Å². The minimum atomic E-state index is 0.290. The van der Waals surface area contributed by atoms with E-state index < -0.39 is 0 Å². The van der Waals surface area contributed by atoms with E-state index in [-0.39, 0.29) is 6.10 Å². The van der Waals surface area contributed by atoms with E-state index in [1.165, 1.54) is 12.8 Å². The van der Waals surface area contributed by atoms with E-state index in [0.29, 0.717) is 47.8 Å². The van der Waals surface area contributed by atoms with Crippen molar-refractivity contribution in [3.05, 3.63) is 0 Å². The first-order valence-electron chi connectivity index (χ1n) is 12.3. The van der Waals surface area contributed by atoms with Crippen LogP contribution in [0.25, 0.3) is 0 Å². The third kappa shape index (κ3) is 3.59. The number of rotatable bonds is 4. The lowest BCUT2D eigenvalue weighted by Gasteiger charge is -2.42. The Morgan fingerprint density at radius 1 is 0.933 bits per heavy atom. The van der Waals surface area contributed by atoms with Crippen LogP contribution in [0.2, 0.25) is 0 Å². The van der Waals surface area contributed by atoms with Crippen molar-refractivity contribution < 1.29 is 14.4 Å². The molecule has 0 aromatic carbocycles. The molecule has 5 unspecified atom stereocenters. The first kappa shape index (κ1) is 19.9. The van der Waals surface area contributed by atoms with Crippen LogP contribution in [0.3, 0.4) is 0 Å². The number of amides is 1. The zero-order valence-electron chi connectivity index (χ0n) is 17.9. The molecule has 5 heterocycles. The maximum atomic E-state index is 12.5. The molecule has 30 heavy (non-hydrogen) atoms. The fourth-order valence-electron chi connectivity index (χ4n) is 6.43. The highest BCUT2D eigenvalue weighted by atomic mass is 16.7. The van der Waals surface area contributed by atoms with Gasteiger partial charge in [0.1, 0.15) is 0 Å². The lowest BCUT2D eigenvalue weighted by Crippen LogP contribution is -2.59. The minimum absolute atomic E-state index is 0.290. The topological polar surface area (TPSA) is 78.1 Å². The van der Waals surface area contributed by atoms with E-state index in [1.807, 2.05) is 0 Å². The van der Waals surface area contributed by atoms with Gasteiger partial charge in [-0.1, -0.05) is 6.42 Å². The molecule has 0 aromatic rings. The number of hydroxylamine groups is 1. The van der Waals surface area contributed by atoms with Crippen LogP contribution in [0.5, 0.6) is 0 Å². The van der Waals surface area contributed by atoms with Gasteiger partial charge in [-0.2, -0.15) is 5.48 Å². The molecule has 6 rings (SSSR count). The standard InChI is InChI=1S/C22H37N5O3/c28-22(15-2-1-3-15)26-6-4-14(5-7-26)18-9-21(30-25-18)16-8-20-19(23-10-16)11-24-27(20)17-12-29-13-17/h14-21,23-25H,1-13H2. The van der Waals surface area contributed by atoms with Crippen LogP contribution in [-0.2, 0) is 14.4 Å². The highest BCUT2D eigenvalue weighted by Gasteiger charge is 2.47. The van der Waals surface area contributed by atoms with Crippen LogP contribution in [0, 0.1) is 17.8 Å². The van der Waals surface area contributed by atoms with Crippen LogP contribution < -0.4 is 16.2 Å². The van der Waals surface area contributed by atoms with Gasteiger partial charge in [0.05, 0.1) is 25.4 Å². The van der Waals surface area contributed by atoms with Gasteiger partial charge in [0, 0.05) is 56.1 Å². The van der Waals surface area contributed by atoms with Crippen molar-refractivity contribution in [3.63, 3.8) is 0 Å². The SMILES string of the molecule is O=C(C1CCC1)N1CCC(C2CC(C3CNC4CNN(C5COC5)C4C3)ON2)CC1. The third-order valence-electron chi connectivity index (χ3n) is 8.77. The lowest BCUT2D eigenvalue weighted by molar-refractivity contribution is -0.139. The number of hydrogen-bond acceptors (Lipinski definition) is 7. The number of carbonyl (C=O) groups is 1. The van der Waals surface area contributed by atoms with Gasteiger partial charge in [0.2, 0.25) is 5.91 Å². The highest BCUT2D eigenvalue weighted by molar-refractivity contribution is 5.79. The molecule has 3 N–H and O–H groups in total. The molecule has 0 aromatic heterocycles. The molecule has 1 amide bonds. The normalized spacial score (nSPS) is 41.5.